The fourth-order valence-electron chi connectivity index (χ4n) is 2.28. The molecule has 6 heteroatoms. The fourth-order valence-corrected chi connectivity index (χ4v) is 2.28. The second-order valence-electron chi connectivity index (χ2n) is 5.96. The van der Waals surface area contributed by atoms with E-state index in [0.717, 1.165) is 24.1 Å². The fraction of sp³-hybridized carbons (Fsp3) is 0.667. The molecule has 1 aromatic rings. The van der Waals surface area contributed by atoms with Gasteiger partial charge in [-0.05, 0) is 25.8 Å². The molecule has 0 unspecified atom stereocenters. The van der Waals surface area contributed by atoms with Crippen LogP contribution in [0.3, 0.4) is 0 Å². The molecule has 1 aliphatic rings. The molecule has 1 heterocycles. The van der Waals surface area contributed by atoms with E-state index in [0.29, 0.717) is 12.2 Å². The molecule has 1 saturated carbocycles. The molecular weight excluding hydrogens is 279 g/mol. The first-order valence-electron chi connectivity index (χ1n) is 7.28. The van der Waals surface area contributed by atoms with Gasteiger partial charge in [-0.3, -0.25) is 4.98 Å². The number of pyridine rings is 1. The highest BCUT2D eigenvalue weighted by Gasteiger charge is 2.39. The Bertz CT molecular complexity index is 482. The summed E-state index contributed by atoms with van der Waals surface area (Å²) in [5, 5.41) is 3.25. The lowest BCUT2D eigenvalue weighted by Crippen LogP contribution is -2.37. The summed E-state index contributed by atoms with van der Waals surface area (Å²) < 4.78 is 38.6. The van der Waals surface area contributed by atoms with Crippen LogP contribution < -0.4 is 10.2 Å². The smallest absolute Gasteiger partial charge is 0.359 e. The lowest BCUT2D eigenvalue weighted by molar-refractivity contribution is -0.120. The Morgan fingerprint density at radius 3 is 2.57 bits per heavy atom. The maximum Gasteiger partial charge on any atom is 0.405 e. The number of hydrogen-bond donors (Lipinski definition) is 1. The van der Waals surface area contributed by atoms with Crippen molar-refractivity contribution in [3.8, 4) is 0 Å². The second-order valence-corrected chi connectivity index (χ2v) is 5.96. The predicted octanol–water partition coefficient (Wildman–Crippen LogP) is 3.42. The van der Waals surface area contributed by atoms with Crippen LogP contribution in [0.5, 0.6) is 0 Å². The van der Waals surface area contributed by atoms with Crippen LogP contribution in [0.2, 0.25) is 0 Å². The molecule has 21 heavy (non-hydrogen) atoms. The zero-order valence-electron chi connectivity index (χ0n) is 12.7. The van der Waals surface area contributed by atoms with E-state index in [9.17, 15) is 13.2 Å². The number of aromatic nitrogens is 1. The minimum absolute atomic E-state index is 0.00576. The quantitative estimate of drug-likeness (QED) is 0.872. The molecule has 2 rings (SSSR count). The van der Waals surface area contributed by atoms with Crippen molar-refractivity contribution in [1.29, 1.82) is 0 Å². The maximum atomic E-state index is 12.9. The summed E-state index contributed by atoms with van der Waals surface area (Å²) in [7, 11) is 0. The highest BCUT2D eigenvalue weighted by atomic mass is 19.4. The Hall–Kier alpha value is -1.30. The van der Waals surface area contributed by atoms with Crippen LogP contribution in [0.15, 0.2) is 12.3 Å². The Morgan fingerprint density at radius 1 is 1.38 bits per heavy atom. The van der Waals surface area contributed by atoms with Crippen LogP contribution in [-0.2, 0) is 6.54 Å². The minimum Gasteiger partial charge on any atom is -0.359 e. The highest BCUT2D eigenvalue weighted by molar-refractivity contribution is 5.55. The molecule has 0 bridgehead atoms. The van der Waals surface area contributed by atoms with Gasteiger partial charge >= 0.3 is 6.18 Å². The molecule has 1 aromatic heterocycles. The standard InChI is InChI=1S/C15H22F3N3/c1-10(2)19-7-12-8-20-11(3)6-14(12)21(13-4-5-13)9-15(16,17)18/h6,8,10,13,19H,4-5,7,9H2,1-3H3. The van der Waals surface area contributed by atoms with Crippen LogP contribution >= 0.6 is 0 Å². The number of rotatable bonds is 6. The molecule has 0 radical (unpaired) electrons. The van der Waals surface area contributed by atoms with E-state index in [2.05, 4.69) is 10.3 Å². The Morgan fingerprint density at radius 2 is 2.05 bits per heavy atom. The van der Waals surface area contributed by atoms with Gasteiger partial charge in [-0.25, -0.2) is 0 Å². The number of alkyl halides is 3. The highest BCUT2D eigenvalue weighted by Crippen LogP contribution is 2.36. The van der Waals surface area contributed by atoms with Crippen molar-refractivity contribution in [3.63, 3.8) is 0 Å². The molecular formula is C15H22F3N3. The monoisotopic (exact) mass is 301 g/mol. The number of nitrogens with zero attached hydrogens (tertiary/aromatic N) is 2. The van der Waals surface area contributed by atoms with Gasteiger partial charge in [-0.15, -0.1) is 0 Å². The van der Waals surface area contributed by atoms with Crippen molar-refractivity contribution < 1.29 is 13.2 Å². The molecule has 118 valence electrons. The van der Waals surface area contributed by atoms with Gasteiger partial charge in [0.25, 0.3) is 0 Å². The number of aryl methyl sites for hydroxylation is 1. The molecule has 0 spiro atoms. The summed E-state index contributed by atoms with van der Waals surface area (Å²) >= 11 is 0. The lowest BCUT2D eigenvalue weighted by Gasteiger charge is -2.28. The Balaban J connectivity index is 2.27. The van der Waals surface area contributed by atoms with Gasteiger partial charge in [-0.2, -0.15) is 13.2 Å². The second kappa shape index (κ2) is 6.22. The average Bonchev–Trinajstić information content (AvgIpc) is 3.17. The van der Waals surface area contributed by atoms with Crippen LogP contribution in [-0.4, -0.2) is 29.8 Å². The normalized spacial score (nSPS) is 15.6. The third-order valence-corrected chi connectivity index (χ3v) is 3.45. The van der Waals surface area contributed by atoms with Gasteiger partial charge in [0.1, 0.15) is 6.54 Å². The summed E-state index contributed by atoms with van der Waals surface area (Å²) in [5.74, 6) is 0. The van der Waals surface area contributed by atoms with Gasteiger partial charge in [-0.1, -0.05) is 13.8 Å². The van der Waals surface area contributed by atoms with E-state index in [1.165, 1.54) is 4.90 Å². The largest absolute Gasteiger partial charge is 0.405 e. The molecule has 0 aliphatic heterocycles. The zero-order valence-corrected chi connectivity index (χ0v) is 12.7. The van der Waals surface area contributed by atoms with Gasteiger partial charge < -0.3 is 10.2 Å². The Labute approximate surface area is 123 Å². The molecule has 0 aromatic carbocycles. The molecule has 1 aliphatic carbocycles. The summed E-state index contributed by atoms with van der Waals surface area (Å²) in [6, 6.07) is 2.05. The number of nitrogens with one attached hydrogen (secondary N) is 1. The van der Waals surface area contributed by atoms with Crippen molar-refractivity contribution in [2.24, 2.45) is 0 Å². The van der Waals surface area contributed by atoms with Crippen molar-refractivity contribution >= 4 is 5.69 Å². The summed E-state index contributed by atoms with van der Waals surface area (Å²) in [4.78, 5) is 5.72. The van der Waals surface area contributed by atoms with Gasteiger partial charge in [0, 0.05) is 41.8 Å². The zero-order chi connectivity index (χ0) is 15.6. The summed E-state index contributed by atoms with van der Waals surface area (Å²) in [5.41, 5.74) is 2.23. The van der Waals surface area contributed by atoms with Crippen LogP contribution in [0.25, 0.3) is 0 Å². The topological polar surface area (TPSA) is 28.2 Å². The van der Waals surface area contributed by atoms with Gasteiger partial charge in [0.05, 0.1) is 0 Å². The molecule has 0 saturated heterocycles. The van der Waals surface area contributed by atoms with E-state index >= 15 is 0 Å². The Kier molecular flexibility index (Phi) is 4.76. The van der Waals surface area contributed by atoms with Crippen LogP contribution in [0.4, 0.5) is 18.9 Å². The third-order valence-electron chi connectivity index (χ3n) is 3.45. The van der Waals surface area contributed by atoms with Crippen molar-refractivity contribution in [1.82, 2.24) is 10.3 Å². The average molecular weight is 301 g/mol. The molecule has 3 nitrogen and oxygen atoms in total. The SMILES string of the molecule is Cc1cc(N(CC(F)(F)F)C2CC2)c(CNC(C)C)cn1. The van der Waals surface area contributed by atoms with Gasteiger partial charge in [0.15, 0.2) is 0 Å². The maximum absolute atomic E-state index is 12.9. The first-order chi connectivity index (χ1) is 9.76. The van der Waals surface area contributed by atoms with E-state index in [1.54, 1.807) is 12.3 Å². The third kappa shape index (κ3) is 4.88. The number of halogens is 3. The summed E-state index contributed by atoms with van der Waals surface area (Å²) in [6.45, 7) is 5.46. The van der Waals surface area contributed by atoms with E-state index in [-0.39, 0.29) is 12.1 Å². The van der Waals surface area contributed by atoms with Crippen LogP contribution in [0, 0.1) is 6.92 Å². The van der Waals surface area contributed by atoms with Gasteiger partial charge in [0.2, 0.25) is 0 Å². The first kappa shape index (κ1) is 16.1. The number of hydrogen-bond acceptors (Lipinski definition) is 3. The van der Waals surface area contributed by atoms with Crippen molar-refractivity contribution in [3.05, 3.63) is 23.5 Å². The van der Waals surface area contributed by atoms with E-state index < -0.39 is 12.7 Å². The predicted molar refractivity (Wildman–Crippen MR) is 77.4 cm³/mol. The number of anilines is 1. The van der Waals surface area contributed by atoms with Crippen LogP contribution in [0.1, 0.15) is 37.9 Å². The van der Waals surface area contributed by atoms with Crippen molar-refractivity contribution in [2.75, 3.05) is 11.4 Å². The van der Waals surface area contributed by atoms with Crippen molar-refractivity contribution in [2.45, 2.75) is 58.4 Å². The first-order valence-corrected chi connectivity index (χ1v) is 7.28. The lowest BCUT2D eigenvalue weighted by atomic mass is 10.1. The molecule has 0 amide bonds. The summed E-state index contributed by atoms with van der Waals surface area (Å²) in [6.07, 6.45) is -0.850. The molecule has 1 N–H and O–H groups in total. The molecule has 1 fully saturated rings. The minimum atomic E-state index is -4.19. The van der Waals surface area contributed by atoms with E-state index in [4.69, 9.17) is 0 Å². The molecule has 0 atom stereocenters. The van der Waals surface area contributed by atoms with E-state index in [1.807, 2.05) is 20.8 Å².